The highest BCUT2D eigenvalue weighted by Gasteiger charge is 2.72. The molecular formula is C6H9Cl3O. The van der Waals surface area contributed by atoms with Crippen LogP contribution in [0.1, 0.15) is 6.92 Å². The summed E-state index contributed by atoms with van der Waals surface area (Å²) in [6.07, 6.45) is 0. The molecule has 0 heterocycles. The number of halogens is 3. The van der Waals surface area contributed by atoms with E-state index >= 15 is 0 Å². The van der Waals surface area contributed by atoms with Gasteiger partial charge in [-0.05, 0) is 0 Å². The van der Waals surface area contributed by atoms with Gasteiger partial charge in [0.2, 0.25) is 0 Å². The van der Waals surface area contributed by atoms with Gasteiger partial charge in [-0.1, -0.05) is 6.92 Å². The Morgan fingerprint density at radius 1 is 1.50 bits per heavy atom. The summed E-state index contributed by atoms with van der Waals surface area (Å²) in [5, 5.41) is 8.78. The van der Waals surface area contributed by atoms with Crippen LogP contribution in [0.15, 0.2) is 0 Å². The van der Waals surface area contributed by atoms with Gasteiger partial charge in [0, 0.05) is 23.8 Å². The van der Waals surface area contributed by atoms with Gasteiger partial charge in [0.1, 0.15) is 4.33 Å². The molecule has 0 aromatic heterocycles. The zero-order chi connectivity index (χ0) is 7.99. The van der Waals surface area contributed by atoms with E-state index in [1.807, 2.05) is 6.92 Å². The standard InChI is InChI=1S/C6H9Cl3O/c1-5(3-7)4(2-10)6(5,8)9/h4,10H,2-3H2,1H3. The van der Waals surface area contributed by atoms with Gasteiger partial charge < -0.3 is 5.11 Å². The summed E-state index contributed by atoms with van der Waals surface area (Å²) in [5.41, 5.74) is -0.299. The highest BCUT2D eigenvalue weighted by Crippen LogP contribution is 2.68. The summed E-state index contributed by atoms with van der Waals surface area (Å²) in [4.78, 5) is 0. The van der Waals surface area contributed by atoms with Gasteiger partial charge in [0.25, 0.3) is 0 Å². The smallest absolute Gasteiger partial charge is 0.130 e. The second-order valence-electron chi connectivity index (χ2n) is 2.91. The average Bonchev–Trinajstić information content (AvgIpc) is 2.29. The van der Waals surface area contributed by atoms with Crippen LogP contribution in [0, 0.1) is 11.3 Å². The van der Waals surface area contributed by atoms with E-state index in [-0.39, 0.29) is 17.9 Å². The number of alkyl halides is 3. The van der Waals surface area contributed by atoms with E-state index in [1.54, 1.807) is 0 Å². The normalized spacial score (nSPS) is 43.5. The molecule has 0 saturated heterocycles. The Balaban J connectivity index is 2.68. The first-order chi connectivity index (χ1) is 4.50. The molecule has 0 radical (unpaired) electrons. The molecule has 0 aliphatic heterocycles. The van der Waals surface area contributed by atoms with E-state index in [0.717, 1.165) is 0 Å². The third-order valence-corrected chi connectivity index (χ3v) is 4.29. The van der Waals surface area contributed by atoms with Gasteiger partial charge in [-0.2, -0.15) is 0 Å². The fourth-order valence-electron chi connectivity index (χ4n) is 1.17. The maximum atomic E-state index is 8.78. The van der Waals surface area contributed by atoms with Crippen molar-refractivity contribution in [3.63, 3.8) is 0 Å². The molecule has 0 bridgehead atoms. The largest absolute Gasteiger partial charge is 0.396 e. The van der Waals surface area contributed by atoms with Gasteiger partial charge in [-0.25, -0.2) is 0 Å². The predicted octanol–water partition coefficient (Wildman–Crippen LogP) is 2.03. The zero-order valence-corrected chi connectivity index (χ0v) is 7.84. The summed E-state index contributed by atoms with van der Waals surface area (Å²) < 4.78 is -0.816. The Morgan fingerprint density at radius 3 is 2.10 bits per heavy atom. The Labute approximate surface area is 75.3 Å². The van der Waals surface area contributed by atoms with Gasteiger partial charge in [0.05, 0.1) is 0 Å². The lowest BCUT2D eigenvalue weighted by Gasteiger charge is -2.04. The molecule has 60 valence electrons. The van der Waals surface area contributed by atoms with E-state index in [9.17, 15) is 0 Å². The molecule has 0 amide bonds. The van der Waals surface area contributed by atoms with Gasteiger partial charge in [-0.3, -0.25) is 0 Å². The topological polar surface area (TPSA) is 20.2 Å². The van der Waals surface area contributed by atoms with Crippen LogP contribution in [0.25, 0.3) is 0 Å². The molecule has 0 spiro atoms. The van der Waals surface area contributed by atoms with Crippen molar-refractivity contribution < 1.29 is 5.11 Å². The maximum Gasteiger partial charge on any atom is 0.130 e. The Morgan fingerprint density at radius 2 is 2.00 bits per heavy atom. The highest BCUT2D eigenvalue weighted by molar-refractivity contribution is 6.52. The van der Waals surface area contributed by atoms with Gasteiger partial charge in [-0.15, -0.1) is 34.8 Å². The fraction of sp³-hybridized carbons (Fsp3) is 1.00. The molecule has 0 aromatic carbocycles. The molecule has 4 heteroatoms. The molecule has 1 N–H and O–H groups in total. The molecule has 1 fully saturated rings. The van der Waals surface area contributed by atoms with Crippen LogP contribution in [0.3, 0.4) is 0 Å². The van der Waals surface area contributed by atoms with Crippen LogP contribution in [0.2, 0.25) is 0 Å². The molecule has 2 unspecified atom stereocenters. The van der Waals surface area contributed by atoms with Crippen molar-refractivity contribution in [1.82, 2.24) is 0 Å². The van der Waals surface area contributed by atoms with E-state index in [4.69, 9.17) is 39.9 Å². The summed E-state index contributed by atoms with van der Waals surface area (Å²) in [6.45, 7) is 1.89. The molecule has 1 nitrogen and oxygen atoms in total. The van der Waals surface area contributed by atoms with E-state index in [2.05, 4.69) is 0 Å². The van der Waals surface area contributed by atoms with Crippen LogP contribution in [0.5, 0.6) is 0 Å². The predicted molar refractivity (Wildman–Crippen MR) is 43.8 cm³/mol. The highest BCUT2D eigenvalue weighted by atomic mass is 35.5. The van der Waals surface area contributed by atoms with Crippen molar-refractivity contribution in [2.24, 2.45) is 11.3 Å². The van der Waals surface area contributed by atoms with Crippen molar-refractivity contribution in [3.05, 3.63) is 0 Å². The van der Waals surface area contributed by atoms with Crippen LogP contribution >= 0.6 is 34.8 Å². The summed E-state index contributed by atoms with van der Waals surface area (Å²) in [5.74, 6) is 0.325. The second kappa shape index (κ2) is 2.41. The monoisotopic (exact) mass is 202 g/mol. The van der Waals surface area contributed by atoms with E-state index < -0.39 is 4.33 Å². The Hall–Kier alpha value is 0.830. The summed E-state index contributed by atoms with van der Waals surface area (Å²) in [6, 6.07) is 0. The zero-order valence-electron chi connectivity index (χ0n) is 5.57. The Bertz CT molecular complexity index is 148. The molecular weight excluding hydrogens is 194 g/mol. The second-order valence-corrected chi connectivity index (χ2v) is 4.56. The van der Waals surface area contributed by atoms with E-state index in [1.165, 1.54) is 0 Å². The lowest BCUT2D eigenvalue weighted by molar-refractivity contribution is 0.258. The molecule has 1 saturated carbocycles. The first-order valence-corrected chi connectivity index (χ1v) is 4.34. The quantitative estimate of drug-likeness (QED) is 0.681. The van der Waals surface area contributed by atoms with Crippen LogP contribution in [-0.2, 0) is 0 Å². The molecule has 10 heavy (non-hydrogen) atoms. The van der Waals surface area contributed by atoms with E-state index in [0.29, 0.717) is 5.88 Å². The van der Waals surface area contributed by atoms with Crippen LogP contribution in [-0.4, -0.2) is 21.9 Å². The van der Waals surface area contributed by atoms with Gasteiger partial charge >= 0.3 is 0 Å². The minimum Gasteiger partial charge on any atom is -0.396 e. The molecule has 1 aliphatic carbocycles. The van der Waals surface area contributed by atoms with Crippen molar-refractivity contribution >= 4 is 34.8 Å². The molecule has 0 aromatic rings. The van der Waals surface area contributed by atoms with Gasteiger partial charge in [0.15, 0.2) is 0 Å². The minimum atomic E-state index is -0.816. The number of rotatable bonds is 2. The maximum absolute atomic E-state index is 8.78. The van der Waals surface area contributed by atoms with Crippen molar-refractivity contribution in [3.8, 4) is 0 Å². The number of aliphatic hydroxyl groups is 1. The molecule has 1 aliphatic rings. The number of hydrogen-bond donors (Lipinski definition) is 1. The average molecular weight is 203 g/mol. The third kappa shape index (κ3) is 0.878. The van der Waals surface area contributed by atoms with Crippen molar-refractivity contribution in [2.45, 2.75) is 11.3 Å². The molecule has 1 rings (SSSR count). The SMILES string of the molecule is CC1(CCl)C(CO)C1(Cl)Cl. The van der Waals surface area contributed by atoms with Crippen LogP contribution in [0.4, 0.5) is 0 Å². The summed E-state index contributed by atoms with van der Waals surface area (Å²) >= 11 is 17.3. The Kier molecular flexibility index (Phi) is 2.15. The summed E-state index contributed by atoms with van der Waals surface area (Å²) in [7, 11) is 0. The lowest BCUT2D eigenvalue weighted by atomic mass is 10.1. The minimum absolute atomic E-state index is 0.0101. The third-order valence-electron chi connectivity index (χ3n) is 2.35. The first-order valence-electron chi connectivity index (χ1n) is 3.05. The van der Waals surface area contributed by atoms with Crippen LogP contribution < -0.4 is 0 Å². The molecule has 2 atom stereocenters. The number of aliphatic hydroxyl groups excluding tert-OH is 1. The number of hydrogen-bond acceptors (Lipinski definition) is 1. The fourth-order valence-corrected chi connectivity index (χ4v) is 2.61. The first kappa shape index (κ1) is 8.92. The van der Waals surface area contributed by atoms with Crippen molar-refractivity contribution in [2.75, 3.05) is 12.5 Å². The van der Waals surface area contributed by atoms with Crippen molar-refractivity contribution in [1.29, 1.82) is 0 Å². The lowest BCUT2D eigenvalue weighted by Crippen LogP contribution is -2.05.